The molecule has 208 valence electrons. The number of fused-ring (bicyclic) bond motifs is 2. The summed E-state index contributed by atoms with van der Waals surface area (Å²) < 4.78 is 11.8. The van der Waals surface area contributed by atoms with Gasteiger partial charge in [0.05, 0.1) is 11.5 Å². The Hall–Kier alpha value is -5.42. The van der Waals surface area contributed by atoms with E-state index in [9.17, 15) is 45.3 Å². The molecule has 0 aromatic heterocycles. The molecule has 0 fully saturated rings. The van der Waals surface area contributed by atoms with Gasteiger partial charge in [-0.05, 0) is 35.4 Å². The van der Waals surface area contributed by atoms with Gasteiger partial charge in [-0.3, -0.25) is 9.59 Å². The van der Waals surface area contributed by atoms with Gasteiger partial charge in [0.1, 0.15) is 63.2 Å². The Kier molecular flexibility index (Phi) is 5.71. The highest BCUT2D eigenvalue weighted by atomic mass is 16.6. The molecule has 0 amide bonds. The fraction of sp³-hybridized carbons (Fsp3) is 0.133. The van der Waals surface area contributed by atoms with Gasteiger partial charge in [-0.15, -0.1) is 0 Å². The van der Waals surface area contributed by atoms with Gasteiger partial charge < -0.3 is 45.2 Å². The number of hydrogen-bond donors (Lipinski definition) is 7. The molecule has 0 saturated carbocycles. The number of Topliss-reactive ketones (excluding diaryl/α,β-unsaturated/α-hetero) is 2. The summed E-state index contributed by atoms with van der Waals surface area (Å²) in [6.07, 6.45) is -1.65. The average molecular weight is 558 g/mol. The summed E-state index contributed by atoms with van der Waals surface area (Å²) in [5.41, 5.74) is -0.354. The van der Waals surface area contributed by atoms with E-state index in [2.05, 4.69) is 0 Å². The van der Waals surface area contributed by atoms with E-state index < -0.39 is 64.4 Å². The van der Waals surface area contributed by atoms with Crippen molar-refractivity contribution in [1.29, 1.82) is 0 Å². The zero-order chi connectivity index (χ0) is 29.2. The molecule has 41 heavy (non-hydrogen) atoms. The van der Waals surface area contributed by atoms with Crippen molar-refractivity contribution in [1.82, 2.24) is 0 Å². The number of aromatic hydroxyl groups is 6. The van der Waals surface area contributed by atoms with Crippen molar-refractivity contribution < 1.29 is 54.8 Å². The standard InChI is InChI=1S/C30H22O11/c31-15-5-1-13(2-6-15)12-30(39)29(38)24-20(36)11-19(35)23(28(24)41-30)25-26(37)22-18(34)9-17(33)10-21(22)40-27(25)14-3-7-16(32)8-4-14/h1-11,25,27,31-36,39H,12H2/t25-,27-,30-/m1/s1. The molecule has 0 spiro atoms. The van der Waals surface area contributed by atoms with Crippen LogP contribution in [0.15, 0.2) is 66.7 Å². The Balaban J connectivity index is 1.53. The lowest BCUT2D eigenvalue weighted by Gasteiger charge is -2.34. The molecule has 2 aliphatic rings. The molecule has 2 aliphatic heterocycles. The third kappa shape index (κ3) is 4.10. The predicted octanol–water partition coefficient (Wildman–Crippen LogP) is 3.53. The molecular formula is C30H22O11. The van der Waals surface area contributed by atoms with Crippen LogP contribution in [0.2, 0.25) is 0 Å². The number of phenolic OH excluding ortho intramolecular Hbond substituents is 6. The number of aliphatic hydroxyl groups is 1. The van der Waals surface area contributed by atoms with Crippen LogP contribution in [0.4, 0.5) is 0 Å². The first-order valence-electron chi connectivity index (χ1n) is 12.4. The maximum atomic E-state index is 14.0. The van der Waals surface area contributed by atoms with Crippen LogP contribution in [0.3, 0.4) is 0 Å². The number of ether oxygens (including phenoxy) is 2. The van der Waals surface area contributed by atoms with E-state index in [1.807, 2.05) is 0 Å². The number of hydrogen-bond acceptors (Lipinski definition) is 11. The van der Waals surface area contributed by atoms with Crippen molar-refractivity contribution in [3.63, 3.8) is 0 Å². The first-order valence-corrected chi connectivity index (χ1v) is 12.4. The molecule has 0 radical (unpaired) electrons. The second-order valence-corrected chi connectivity index (χ2v) is 9.90. The molecular weight excluding hydrogens is 536 g/mol. The Labute approximate surface area is 231 Å². The van der Waals surface area contributed by atoms with Crippen LogP contribution in [0.25, 0.3) is 0 Å². The molecule has 3 atom stereocenters. The van der Waals surface area contributed by atoms with E-state index in [4.69, 9.17) is 9.47 Å². The molecule has 11 heteroatoms. The van der Waals surface area contributed by atoms with E-state index in [0.29, 0.717) is 11.1 Å². The van der Waals surface area contributed by atoms with Gasteiger partial charge in [0.15, 0.2) is 5.78 Å². The Bertz CT molecular complexity index is 1730. The fourth-order valence-corrected chi connectivity index (χ4v) is 5.32. The molecule has 2 heterocycles. The van der Waals surface area contributed by atoms with Crippen LogP contribution in [-0.2, 0) is 6.42 Å². The number of carbonyl (C=O) groups excluding carboxylic acids is 2. The molecule has 4 aromatic rings. The number of carbonyl (C=O) groups is 2. The molecule has 6 rings (SSSR count). The lowest BCUT2D eigenvalue weighted by atomic mass is 9.79. The first kappa shape index (κ1) is 25.8. The summed E-state index contributed by atoms with van der Waals surface area (Å²) in [6, 6.07) is 14.1. The third-order valence-corrected chi connectivity index (χ3v) is 7.19. The maximum absolute atomic E-state index is 14.0. The van der Waals surface area contributed by atoms with E-state index in [1.165, 1.54) is 48.5 Å². The van der Waals surface area contributed by atoms with Crippen LogP contribution in [0.5, 0.6) is 46.0 Å². The molecule has 4 aromatic carbocycles. The molecule has 0 saturated heterocycles. The second-order valence-electron chi connectivity index (χ2n) is 9.90. The summed E-state index contributed by atoms with van der Waals surface area (Å²) >= 11 is 0. The van der Waals surface area contributed by atoms with Crippen molar-refractivity contribution in [2.75, 3.05) is 0 Å². The number of phenols is 6. The van der Waals surface area contributed by atoms with Gasteiger partial charge in [-0.1, -0.05) is 24.3 Å². The Morgan fingerprint density at radius 2 is 1.32 bits per heavy atom. The van der Waals surface area contributed by atoms with Crippen molar-refractivity contribution in [3.05, 3.63) is 94.5 Å². The zero-order valence-electron chi connectivity index (χ0n) is 21.0. The quantitative estimate of drug-likeness (QED) is 0.194. The predicted molar refractivity (Wildman–Crippen MR) is 140 cm³/mol. The normalized spacial score (nSPS) is 21.1. The maximum Gasteiger partial charge on any atom is 0.277 e. The van der Waals surface area contributed by atoms with Crippen molar-refractivity contribution >= 4 is 11.6 Å². The largest absolute Gasteiger partial charge is 0.508 e. The number of rotatable bonds is 4. The van der Waals surface area contributed by atoms with Gasteiger partial charge >= 0.3 is 0 Å². The van der Waals surface area contributed by atoms with Crippen molar-refractivity contribution in [2.24, 2.45) is 0 Å². The lowest BCUT2D eigenvalue weighted by molar-refractivity contribution is -0.0895. The minimum absolute atomic E-state index is 0.0412. The second kappa shape index (κ2) is 9.07. The van der Waals surface area contributed by atoms with Gasteiger partial charge in [-0.25, -0.2) is 0 Å². The zero-order valence-corrected chi connectivity index (χ0v) is 21.0. The van der Waals surface area contributed by atoms with E-state index in [0.717, 1.165) is 18.2 Å². The van der Waals surface area contributed by atoms with Gasteiger partial charge in [0, 0.05) is 24.6 Å². The Morgan fingerprint density at radius 3 is 1.98 bits per heavy atom. The smallest absolute Gasteiger partial charge is 0.277 e. The number of benzene rings is 4. The van der Waals surface area contributed by atoms with Crippen LogP contribution in [-0.4, -0.2) is 53.1 Å². The highest BCUT2D eigenvalue weighted by molar-refractivity contribution is 6.12. The van der Waals surface area contributed by atoms with Crippen molar-refractivity contribution in [2.45, 2.75) is 24.2 Å². The lowest BCUT2D eigenvalue weighted by Crippen LogP contribution is -2.42. The number of ketones is 2. The van der Waals surface area contributed by atoms with Crippen LogP contribution < -0.4 is 9.47 Å². The van der Waals surface area contributed by atoms with Crippen LogP contribution in [0, 0.1) is 0 Å². The molecule has 7 N–H and O–H groups in total. The van der Waals surface area contributed by atoms with Crippen LogP contribution >= 0.6 is 0 Å². The summed E-state index contributed by atoms with van der Waals surface area (Å²) in [6.45, 7) is 0. The monoisotopic (exact) mass is 558 g/mol. The van der Waals surface area contributed by atoms with E-state index >= 15 is 0 Å². The first-order chi connectivity index (χ1) is 19.5. The van der Waals surface area contributed by atoms with Gasteiger partial charge in [-0.2, -0.15) is 0 Å². The summed E-state index contributed by atoms with van der Waals surface area (Å²) in [5.74, 6) is -8.93. The molecule has 0 bridgehead atoms. The topological polar surface area (TPSA) is 194 Å². The highest BCUT2D eigenvalue weighted by Gasteiger charge is 2.53. The van der Waals surface area contributed by atoms with Gasteiger partial charge in [0.2, 0.25) is 5.78 Å². The summed E-state index contributed by atoms with van der Waals surface area (Å²) in [5, 5.41) is 72.9. The molecule has 11 nitrogen and oxygen atoms in total. The molecule has 0 unspecified atom stereocenters. The minimum atomic E-state index is -2.54. The average Bonchev–Trinajstić information content (AvgIpc) is 3.16. The van der Waals surface area contributed by atoms with Crippen LogP contribution in [0.1, 0.15) is 49.4 Å². The fourth-order valence-electron chi connectivity index (χ4n) is 5.32. The third-order valence-electron chi connectivity index (χ3n) is 7.19. The van der Waals surface area contributed by atoms with Gasteiger partial charge in [0.25, 0.3) is 5.79 Å². The summed E-state index contributed by atoms with van der Waals surface area (Å²) in [7, 11) is 0. The van der Waals surface area contributed by atoms with Crippen molar-refractivity contribution in [3.8, 4) is 46.0 Å². The SMILES string of the molecule is O=C1c2c(O)cc(O)cc2O[C@H](c2ccc(O)cc2)[C@@H]1c1c(O)cc(O)c2c1O[C@](O)(Cc1ccc(O)cc1)C2=O. The highest BCUT2D eigenvalue weighted by Crippen LogP contribution is 2.56. The van der Waals surface area contributed by atoms with E-state index in [1.54, 1.807) is 0 Å². The molecule has 0 aliphatic carbocycles. The Morgan fingerprint density at radius 1 is 0.707 bits per heavy atom. The minimum Gasteiger partial charge on any atom is -0.508 e. The summed E-state index contributed by atoms with van der Waals surface area (Å²) in [4.78, 5) is 27.5. The van der Waals surface area contributed by atoms with E-state index in [-0.39, 0.29) is 34.1 Å².